The van der Waals surface area contributed by atoms with Crippen LogP contribution in [0.3, 0.4) is 0 Å². The van der Waals surface area contributed by atoms with Crippen LogP contribution in [0.15, 0.2) is 22.0 Å². The second-order valence-corrected chi connectivity index (χ2v) is 8.20. The third-order valence-electron chi connectivity index (χ3n) is 3.38. The van der Waals surface area contributed by atoms with Crippen molar-refractivity contribution < 1.29 is 19.4 Å². The molecule has 1 heterocycles. The number of halogens is 2. The van der Waals surface area contributed by atoms with Crippen molar-refractivity contribution in [1.29, 1.82) is 0 Å². The summed E-state index contributed by atoms with van der Waals surface area (Å²) in [5, 5.41) is 9.71. The first-order chi connectivity index (χ1) is 12.6. The molecule has 0 atom stereocenters. The monoisotopic (exact) mass is 430 g/mol. The summed E-state index contributed by atoms with van der Waals surface area (Å²) in [5.41, 5.74) is 0.609. The molecule has 0 radical (unpaired) electrons. The molecular formula is C18H20Cl2N2O4S. The van der Waals surface area contributed by atoms with E-state index in [1.165, 1.54) is 11.8 Å². The van der Waals surface area contributed by atoms with Crippen LogP contribution >= 0.6 is 35.0 Å². The summed E-state index contributed by atoms with van der Waals surface area (Å²) in [7, 11) is 0. The predicted molar refractivity (Wildman–Crippen MR) is 110 cm³/mol. The van der Waals surface area contributed by atoms with Gasteiger partial charge in [0.1, 0.15) is 0 Å². The minimum atomic E-state index is -1.13. The van der Waals surface area contributed by atoms with E-state index in [1.807, 2.05) is 27.7 Å². The van der Waals surface area contributed by atoms with Gasteiger partial charge in [-0.25, -0.2) is 4.79 Å². The third-order valence-corrected chi connectivity index (χ3v) is 4.94. The summed E-state index contributed by atoms with van der Waals surface area (Å²) in [4.78, 5) is 30.1. The molecule has 1 fully saturated rings. The second kappa shape index (κ2) is 8.99. The molecule has 0 unspecified atom stereocenters. The molecular weight excluding hydrogens is 411 g/mol. The van der Waals surface area contributed by atoms with Crippen LogP contribution in [0.25, 0.3) is 6.08 Å². The number of carboxylic acid groups (broad SMARTS) is 1. The zero-order valence-electron chi connectivity index (χ0n) is 15.3. The van der Waals surface area contributed by atoms with Crippen molar-refractivity contribution in [3.63, 3.8) is 0 Å². The molecule has 1 aromatic carbocycles. The number of ether oxygens (including phenoxy) is 1. The van der Waals surface area contributed by atoms with Crippen LogP contribution in [0.5, 0.6) is 5.75 Å². The molecule has 1 amide bonds. The Morgan fingerprint density at radius 3 is 2.37 bits per heavy atom. The zero-order valence-corrected chi connectivity index (χ0v) is 17.7. The first kappa shape index (κ1) is 21.6. The third kappa shape index (κ3) is 5.40. The number of rotatable bonds is 6. The molecule has 2 rings (SSSR count). The van der Waals surface area contributed by atoms with E-state index in [-0.39, 0.29) is 33.8 Å². The highest BCUT2D eigenvalue weighted by atomic mass is 35.5. The van der Waals surface area contributed by atoms with Gasteiger partial charge in [0.15, 0.2) is 17.5 Å². The Labute approximate surface area is 172 Å². The summed E-state index contributed by atoms with van der Waals surface area (Å²) < 4.78 is 5.10. The SMILES string of the molecule is CC(C)N=C1S/C(=C/c2cc(Cl)c(OCC(=O)O)c(Cl)c2)C(=O)N1C(C)C. The van der Waals surface area contributed by atoms with Gasteiger partial charge in [-0.1, -0.05) is 23.2 Å². The molecule has 146 valence electrons. The smallest absolute Gasteiger partial charge is 0.341 e. The van der Waals surface area contributed by atoms with Crippen LogP contribution in [0, 0.1) is 0 Å². The van der Waals surface area contributed by atoms with Gasteiger partial charge in [-0.15, -0.1) is 0 Å². The molecule has 0 aliphatic carbocycles. The number of nitrogens with zero attached hydrogens (tertiary/aromatic N) is 2. The molecule has 0 bridgehead atoms. The standard InChI is InChI=1S/C18H20Cl2N2O4S/c1-9(2)21-18-22(10(3)4)17(25)14(27-18)7-11-5-12(19)16(13(20)6-11)26-8-15(23)24/h5-7,9-10H,8H2,1-4H3,(H,23,24)/b14-7+,21-18?. The lowest BCUT2D eigenvalue weighted by molar-refractivity contribution is -0.139. The van der Waals surface area contributed by atoms with Crippen LogP contribution < -0.4 is 4.74 Å². The first-order valence-electron chi connectivity index (χ1n) is 8.24. The van der Waals surface area contributed by atoms with Crippen molar-refractivity contribution in [1.82, 2.24) is 4.90 Å². The van der Waals surface area contributed by atoms with Gasteiger partial charge >= 0.3 is 5.97 Å². The van der Waals surface area contributed by atoms with Gasteiger partial charge in [-0.2, -0.15) is 0 Å². The van der Waals surface area contributed by atoms with Gasteiger partial charge in [0.2, 0.25) is 0 Å². The zero-order chi connectivity index (χ0) is 20.3. The summed E-state index contributed by atoms with van der Waals surface area (Å²) in [6.45, 7) is 7.22. The van der Waals surface area contributed by atoms with Crippen molar-refractivity contribution in [3.05, 3.63) is 32.6 Å². The molecule has 9 heteroatoms. The lowest BCUT2D eigenvalue weighted by Gasteiger charge is -2.20. The maximum atomic E-state index is 12.8. The van der Waals surface area contributed by atoms with Crippen molar-refractivity contribution in [2.75, 3.05) is 6.61 Å². The van der Waals surface area contributed by atoms with Crippen molar-refractivity contribution in [2.45, 2.75) is 39.8 Å². The van der Waals surface area contributed by atoms with Crippen molar-refractivity contribution in [3.8, 4) is 5.75 Å². The summed E-state index contributed by atoms with van der Waals surface area (Å²) in [5.74, 6) is -1.17. The Kier molecular flexibility index (Phi) is 7.19. The van der Waals surface area contributed by atoms with Crippen LogP contribution in [-0.2, 0) is 9.59 Å². The Bertz CT molecular complexity index is 799. The second-order valence-electron chi connectivity index (χ2n) is 6.38. The number of thioether (sulfide) groups is 1. The topological polar surface area (TPSA) is 79.2 Å². The van der Waals surface area contributed by atoms with Crippen LogP contribution in [0.1, 0.15) is 33.3 Å². The van der Waals surface area contributed by atoms with Crippen molar-refractivity contribution >= 4 is 58.1 Å². The summed E-state index contributed by atoms with van der Waals surface area (Å²) in [6.07, 6.45) is 1.68. The van der Waals surface area contributed by atoms with Crippen LogP contribution in [-0.4, -0.2) is 45.7 Å². The van der Waals surface area contributed by atoms with E-state index in [9.17, 15) is 9.59 Å². The molecule has 1 N–H and O–H groups in total. The number of hydrogen-bond acceptors (Lipinski definition) is 5. The van der Waals surface area contributed by atoms with Crippen LogP contribution in [0.2, 0.25) is 10.0 Å². The molecule has 0 aromatic heterocycles. The van der Waals surface area contributed by atoms with Gasteiger partial charge in [0, 0.05) is 12.1 Å². The van der Waals surface area contributed by atoms with Crippen LogP contribution in [0.4, 0.5) is 0 Å². The molecule has 1 aliphatic heterocycles. The minimum Gasteiger partial charge on any atom is -0.479 e. The Hall–Kier alpha value is -1.70. The summed E-state index contributed by atoms with van der Waals surface area (Å²) in [6, 6.07) is 3.19. The maximum Gasteiger partial charge on any atom is 0.341 e. The van der Waals surface area contributed by atoms with E-state index < -0.39 is 12.6 Å². The Morgan fingerprint density at radius 1 is 1.30 bits per heavy atom. The summed E-state index contributed by atoms with van der Waals surface area (Å²) >= 11 is 13.6. The minimum absolute atomic E-state index is 0.0210. The number of carboxylic acids is 1. The van der Waals surface area contributed by atoms with E-state index in [4.69, 9.17) is 33.0 Å². The van der Waals surface area contributed by atoms with Gasteiger partial charge in [-0.3, -0.25) is 14.7 Å². The fourth-order valence-corrected chi connectivity index (χ4v) is 4.18. The average molecular weight is 431 g/mol. The highest BCUT2D eigenvalue weighted by molar-refractivity contribution is 8.18. The largest absolute Gasteiger partial charge is 0.479 e. The number of aliphatic imine (C=N–C) groups is 1. The van der Waals surface area contributed by atoms with Gasteiger partial charge in [0.05, 0.1) is 15.0 Å². The average Bonchev–Trinajstić information content (AvgIpc) is 2.81. The number of amides is 1. The number of carbonyl (C=O) groups excluding carboxylic acids is 1. The molecule has 1 aliphatic rings. The van der Waals surface area contributed by atoms with E-state index in [2.05, 4.69) is 4.99 Å². The van der Waals surface area contributed by atoms with E-state index in [1.54, 1.807) is 23.1 Å². The fraction of sp³-hybridized carbons (Fsp3) is 0.389. The van der Waals surface area contributed by atoms with Crippen molar-refractivity contribution in [2.24, 2.45) is 4.99 Å². The van der Waals surface area contributed by atoms with Gasteiger partial charge in [0.25, 0.3) is 5.91 Å². The molecule has 6 nitrogen and oxygen atoms in total. The van der Waals surface area contributed by atoms with E-state index in [0.29, 0.717) is 15.6 Å². The number of carbonyl (C=O) groups is 2. The fourth-order valence-electron chi connectivity index (χ4n) is 2.34. The molecule has 27 heavy (non-hydrogen) atoms. The number of hydrogen-bond donors (Lipinski definition) is 1. The lowest BCUT2D eigenvalue weighted by atomic mass is 10.2. The van der Waals surface area contributed by atoms with E-state index in [0.717, 1.165) is 0 Å². The number of amidine groups is 1. The highest BCUT2D eigenvalue weighted by Gasteiger charge is 2.35. The Morgan fingerprint density at radius 2 is 1.89 bits per heavy atom. The highest BCUT2D eigenvalue weighted by Crippen LogP contribution is 2.38. The van der Waals surface area contributed by atoms with Gasteiger partial charge < -0.3 is 9.84 Å². The molecule has 1 aromatic rings. The normalized spacial score (nSPS) is 17.6. The number of aliphatic carboxylic acids is 1. The number of benzene rings is 1. The predicted octanol–water partition coefficient (Wildman–Crippen LogP) is 4.55. The molecule has 0 saturated carbocycles. The maximum absolute atomic E-state index is 12.8. The Balaban J connectivity index is 2.35. The lowest BCUT2D eigenvalue weighted by Crippen LogP contribution is -2.35. The molecule has 1 saturated heterocycles. The molecule has 0 spiro atoms. The van der Waals surface area contributed by atoms with Gasteiger partial charge in [-0.05, 0) is 63.2 Å². The van der Waals surface area contributed by atoms with E-state index >= 15 is 0 Å². The first-order valence-corrected chi connectivity index (χ1v) is 9.82. The quantitative estimate of drug-likeness (QED) is 0.669.